The smallest absolute Gasteiger partial charge is 0.407 e. The van der Waals surface area contributed by atoms with Gasteiger partial charge in [0.1, 0.15) is 47.6 Å². The highest BCUT2D eigenvalue weighted by Gasteiger charge is 2.38. The zero-order chi connectivity index (χ0) is 51.8. The number of phenols is 1. The van der Waals surface area contributed by atoms with Gasteiger partial charge in [-0.2, -0.15) is 0 Å². The Balaban J connectivity index is 1.57. The molecule has 1 aromatic heterocycles. The van der Waals surface area contributed by atoms with Gasteiger partial charge in [0.2, 0.25) is 35.4 Å². The van der Waals surface area contributed by atoms with Crippen LogP contribution in [-0.4, -0.2) is 134 Å². The van der Waals surface area contributed by atoms with E-state index in [1.165, 1.54) is 38.2 Å². The number of fused-ring (bicyclic) bond motifs is 1. The number of amides is 7. The summed E-state index contributed by atoms with van der Waals surface area (Å²) in [4.78, 5) is 116. The maximum Gasteiger partial charge on any atom is 0.407 e. The van der Waals surface area contributed by atoms with Crippen molar-refractivity contribution in [2.75, 3.05) is 13.6 Å². The number of aromatic hydroxyl groups is 1. The fourth-order valence-electron chi connectivity index (χ4n) is 8.17. The molecular formula is C51H66N8O12. The second kappa shape index (κ2) is 25.4. The molecule has 71 heavy (non-hydrogen) atoms. The molecule has 1 fully saturated rings. The number of aromatic nitrogens is 1. The lowest BCUT2D eigenvalue weighted by molar-refractivity contribution is -0.145. The molecule has 0 radical (unpaired) electrons. The summed E-state index contributed by atoms with van der Waals surface area (Å²) in [5.74, 6) is -6.57. The standard InChI is InChI=1S/C51H66N8O12/c1-30(60)43-48(68)57-40(27-31-14-8-6-9-15-31)49(69)59(5)41(23-24-42(62)63)47(67)56-38(26-32-19-21-34(61)22-20-32)45(65)55-39(28-33-29-53-36-17-12-11-16-35(33)36)46(66)54-37(44(64)58-43)18-10-7-13-25-52-50(70)71-51(2,3)4/h6,8-9,11-12,14-17,19-22,29-30,37-41,43,53,60-61H,7,10,13,18,23-28H2,1-5H3,(H,52,70)(H,54,66)(H,55,65)(H,56,67)(H,57,68)(H,58,64)(H,62,63)/t30-,37+,38+,39-,40+,41+,43+/m1/s1. The van der Waals surface area contributed by atoms with Crippen molar-refractivity contribution < 1.29 is 58.4 Å². The number of alkyl carbamates (subject to hydrolysis) is 1. The number of unbranched alkanes of at least 4 members (excludes halogenated alkanes) is 2. The third kappa shape index (κ3) is 16.6. The maximum atomic E-state index is 14.7. The van der Waals surface area contributed by atoms with Crippen molar-refractivity contribution >= 4 is 58.4 Å². The van der Waals surface area contributed by atoms with Gasteiger partial charge in [-0.05, 0) is 81.8 Å². The van der Waals surface area contributed by atoms with Crippen molar-refractivity contribution in [2.24, 2.45) is 0 Å². The lowest BCUT2D eigenvalue weighted by Crippen LogP contribution is -2.63. The molecule has 2 heterocycles. The molecule has 0 spiro atoms. The van der Waals surface area contributed by atoms with E-state index >= 15 is 0 Å². The van der Waals surface area contributed by atoms with Gasteiger partial charge in [0.25, 0.3) is 0 Å². The van der Waals surface area contributed by atoms with Gasteiger partial charge in [-0.1, -0.05) is 73.5 Å². The minimum Gasteiger partial charge on any atom is -0.508 e. The first-order valence-electron chi connectivity index (χ1n) is 23.7. The van der Waals surface area contributed by atoms with Gasteiger partial charge in [-0.25, -0.2) is 4.79 Å². The van der Waals surface area contributed by atoms with Crippen LogP contribution in [0.15, 0.2) is 85.1 Å². The number of hydrogen-bond acceptors (Lipinski definition) is 11. The van der Waals surface area contributed by atoms with E-state index in [0.717, 1.165) is 15.8 Å². The van der Waals surface area contributed by atoms with Crippen molar-refractivity contribution in [3.63, 3.8) is 0 Å². The summed E-state index contributed by atoms with van der Waals surface area (Å²) in [5.41, 5.74) is 1.72. The molecule has 4 aromatic rings. The summed E-state index contributed by atoms with van der Waals surface area (Å²) < 4.78 is 5.30. The lowest BCUT2D eigenvalue weighted by atomic mass is 9.99. The average Bonchev–Trinajstić information content (AvgIpc) is 3.72. The molecule has 0 saturated carbocycles. The highest BCUT2D eigenvalue weighted by Crippen LogP contribution is 2.21. The van der Waals surface area contributed by atoms with Crippen LogP contribution >= 0.6 is 0 Å². The Kier molecular flexibility index (Phi) is 19.5. The van der Waals surface area contributed by atoms with Crippen LogP contribution in [0.4, 0.5) is 4.79 Å². The molecular weight excluding hydrogens is 917 g/mol. The van der Waals surface area contributed by atoms with Crippen molar-refractivity contribution in [1.82, 2.24) is 41.8 Å². The topological polar surface area (TPSA) is 298 Å². The number of rotatable bonds is 16. The number of nitrogens with one attached hydrogen (secondary N) is 7. The Hall–Kier alpha value is -7.48. The van der Waals surface area contributed by atoms with Gasteiger partial charge in [-0.15, -0.1) is 0 Å². The average molecular weight is 983 g/mol. The first-order valence-corrected chi connectivity index (χ1v) is 23.7. The summed E-state index contributed by atoms with van der Waals surface area (Å²) in [7, 11) is 1.26. The molecule has 20 heteroatoms. The molecule has 7 amide bonds. The van der Waals surface area contributed by atoms with E-state index in [9.17, 15) is 53.7 Å². The molecule has 1 saturated heterocycles. The number of aromatic amines is 1. The number of carbonyl (C=O) groups is 8. The number of carboxylic acids is 1. The van der Waals surface area contributed by atoms with Crippen LogP contribution in [0.1, 0.15) is 82.9 Å². The summed E-state index contributed by atoms with van der Waals surface area (Å²) in [6.45, 7) is 6.73. The number of aliphatic carboxylic acids is 1. The Bertz CT molecular complexity index is 2490. The van der Waals surface area contributed by atoms with Crippen molar-refractivity contribution in [3.8, 4) is 5.75 Å². The zero-order valence-electron chi connectivity index (χ0n) is 40.7. The summed E-state index contributed by atoms with van der Waals surface area (Å²) in [5, 5.41) is 47.7. The number of nitrogens with zero attached hydrogens (tertiary/aromatic N) is 1. The zero-order valence-corrected chi connectivity index (χ0v) is 40.7. The molecule has 0 unspecified atom stereocenters. The third-order valence-electron chi connectivity index (χ3n) is 11.9. The van der Waals surface area contributed by atoms with Crippen LogP contribution in [0.3, 0.4) is 0 Å². The van der Waals surface area contributed by atoms with Gasteiger partial charge in [0, 0.05) is 56.4 Å². The predicted octanol–water partition coefficient (Wildman–Crippen LogP) is 2.50. The Morgan fingerprint density at radius 3 is 1.93 bits per heavy atom. The molecule has 20 nitrogen and oxygen atoms in total. The lowest BCUT2D eigenvalue weighted by Gasteiger charge is -2.33. The number of phenolic OH excluding ortho intramolecular Hbond substituents is 1. The number of carbonyl (C=O) groups excluding carboxylic acids is 7. The molecule has 0 aliphatic carbocycles. The third-order valence-corrected chi connectivity index (χ3v) is 11.9. The number of para-hydroxylation sites is 1. The minimum atomic E-state index is -1.68. The summed E-state index contributed by atoms with van der Waals surface area (Å²) >= 11 is 0. The molecule has 5 rings (SSSR count). The SMILES string of the molecule is C[C@@H](O)[C@@H]1NC(=O)[C@H](CCCCCNC(=O)OC(C)(C)C)NC(=O)[C@@H](Cc2c[nH]c3ccccc23)NC(=O)[C@H](Cc2ccc(O)cc2)NC(=O)[C@H](CCC(=O)O)N(C)C(=O)[C@H](Cc2ccccc2)NC1=O. The maximum absolute atomic E-state index is 14.7. The first kappa shape index (κ1) is 54.5. The van der Waals surface area contributed by atoms with Crippen LogP contribution in [-0.2, 0) is 57.6 Å². The van der Waals surface area contributed by atoms with Gasteiger partial charge in [0.15, 0.2) is 0 Å². The Morgan fingerprint density at radius 1 is 0.690 bits per heavy atom. The number of benzene rings is 3. The van der Waals surface area contributed by atoms with Crippen LogP contribution in [0.5, 0.6) is 5.75 Å². The molecule has 382 valence electrons. The second-order valence-electron chi connectivity index (χ2n) is 18.8. The molecule has 10 N–H and O–H groups in total. The number of carboxylic acid groups (broad SMARTS) is 1. The predicted molar refractivity (Wildman–Crippen MR) is 261 cm³/mol. The number of likely N-dealkylation sites (N-methyl/N-ethyl adjacent to an activating group) is 1. The minimum absolute atomic E-state index is 0.00307. The number of aliphatic hydroxyl groups is 1. The van der Waals surface area contributed by atoms with Gasteiger partial charge in [-0.3, -0.25) is 33.6 Å². The first-order chi connectivity index (χ1) is 33.7. The molecule has 1 aliphatic rings. The number of hydrogen-bond donors (Lipinski definition) is 10. The van der Waals surface area contributed by atoms with E-state index in [2.05, 4.69) is 36.9 Å². The van der Waals surface area contributed by atoms with E-state index in [1.807, 2.05) is 18.2 Å². The van der Waals surface area contributed by atoms with E-state index in [0.29, 0.717) is 36.0 Å². The van der Waals surface area contributed by atoms with Crippen molar-refractivity contribution in [3.05, 3.63) is 102 Å². The second-order valence-corrected chi connectivity index (χ2v) is 18.8. The molecule has 7 atom stereocenters. The fourth-order valence-corrected chi connectivity index (χ4v) is 8.17. The van der Waals surface area contributed by atoms with Crippen molar-refractivity contribution in [1.29, 1.82) is 0 Å². The number of ether oxygens (including phenoxy) is 1. The summed E-state index contributed by atoms with van der Waals surface area (Å²) in [6.07, 6.45) is -0.631. The van der Waals surface area contributed by atoms with Crippen molar-refractivity contribution in [2.45, 2.75) is 133 Å². The Labute approximate surface area is 412 Å². The van der Waals surface area contributed by atoms with E-state index in [1.54, 1.807) is 63.4 Å². The molecule has 1 aliphatic heterocycles. The molecule has 3 aromatic carbocycles. The monoisotopic (exact) mass is 982 g/mol. The van der Waals surface area contributed by atoms with Gasteiger partial charge < -0.3 is 61.8 Å². The van der Waals surface area contributed by atoms with E-state index < -0.39 is 108 Å². The van der Waals surface area contributed by atoms with Crippen LogP contribution in [0.25, 0.3) is 10.9 Å². The van der Waals surface area contributed by atoms with Crippen LogP contribution < -0.4 is 31.9 Å². The van der Waals surface area contributed by atoms with Gasteiger partial charge in [0.05, 0.1) is 6.10 Å². The highest BCUT2D eigenvalue weighted by atomic mass is 16.6. The number of aliphatic hydroxyl groups excluding tert-OH is 1. The summed E-state index contributed by atoms with van der Waals surface area (Å²) in [6, 6.07) is 12.8. The van der Waals surface area contributed by atoms with Crippen LogP contribution in [0, 0.1) is 0 Å². The normalized spacial score (nSPS) is 21.4. The highest BCUT2D eigenvalue weighted by molar-refractivity contribution is 5.99. The van der Waals surface area contributed by atoms with E-state index in [4.69, 9.17) is 4.74 Å². The van der Waals surface area contributed by atoms with Crippen LogP contribution in [0.2, 0.25) is 0 Å². The Morgan fingerprint density at radius 2 is 1.27 bits per heavy atom. The fraction of sp³-hybridized carbons (Fsp3) is 0.451. The largest absolute Gasteiger partial charge is 0.508 e. The molecule has 0 bridgehead atoms. The number of H-pyrrole nitrogens is 1. The van der Waals surface area contributed by atoms with E-state index in [-0.39, 0.29) is 38.0 Å². The quantitative estimate of drug-likeness (QED) is 0.0725. The van der Waals surface area contributed by atoms with Gasteiger partial charge >= 0.3 is 12.1 Å².